The lowest BCUT2D eigenvalue weighted by molar-refractivity contribution is 0.103. The topological polar surface area (TPSA) is 34.1 Å². The molecule has 0 unspecified atom stereocenters. The van der Waals surface area contributed by atoms with E-state index in [2.05, 4.69) is 0 Å². The molecule has 0 amide bonds. The van der Waals surface area contributed by atoms with E-state index in [-0.39, 0.29) is 10.9 Å². The van der Waals surface area contributed by atoms with Crippen molar-refractivity contribution in [1.82, 2.24) is 0 Å². The van der Waals surface area contributed by atoms with E-state index in [9.17, 15) is 9.59 Å². The van der Waals surface area contributed by atoms with Crippen molar-refractivity contribution < 1.29 is 9.59 Å². The number of halogens is 1. The van der Waals surface area contributed by atoms with Gasteiger partial charge in [0, 0.05) is 26.2 Å². The number of thioether (sulfide) groups is 1. The van der Waals surface area contributed by atoms with Crippen molar-refractivity contribution in [2.45, 2.75) is 4.21 Å². The van der Waals surface area contributed by atoms with Crippen LogP contribution in [0.25, 0.3) is 10.1 Å². The quantitative estimate of drug-likeness (QED) is 0.277. The summed E-state index contributed by atoms with van der Waals surface area (Å²) in [5.41, 5.74) is 1.77. The molecule has 2 nitrogen and oxygen atoms in total. The molecular weight excluding hydrogens is 396 g/mol. The number of fused-ring (bicyclic) bond motifs is 1. The minimum Gasteiger partial charge on any atom is -0.289 e. The molecule has 0 aliphatic carbocycles. The standard InChI is InChI=1S/C22H13ClO2S2/c23-16-11-12-17-18(13-16)26-22(27-21(25)15-9-5-2-6-10-15)19(17)20(24)14-7-3-1-4-8-14/h1-13H. The van der Waals surface area contributed by atoms with Crippen molar-refractivity contribution in [3.05, 3.63) is 101 Å². The first-order valence-corrected chi connectivity index (χ1v) is 10.2. The summed E-state index contributed by atoms with van der Waals surface area (Å²) in [6.45, 7) is 0. The van der Waals surface area contributed by atoms with Crippen LogP contribution < -0.4 is 0 Å². The maximum atomic E-state index is 13.2. The molecule has 0 aliphatic rings. The lowest BCUT2D eigenvalue weighted by Crippen LogP contribution is -2.02. The minimum absolute atomic E-state index is 0.0876. The Bertz CT molecular complexity index is 1140. The number of benzene rings is 3. The highest BCUT2D eigenvalue weighted by Crippen LogP contribution is 2.41. The van der Waals surface area contributed by atoms with E-state index in [0.29, 0.717) is 25.9 Å². The van der Waals surface area contributed by atoms with Crippen LogP contribution in [0.1, 0.15) is 26.3 Å². The fraction of sp³-hybridized carbons (Fsp3) is 0. The van der Waals surface area contributed by atoms with E-state index in [1.54, 1.807) is 30.3 Å². The highest BCUT2D eigenvalue weighted by molar-refractivity contribution is 8.15. The van der Waals surface area contributed by atoms with Crippen LogP contribution in [-0.4, -0.2) is 10.9 Å². The van der Waals surface area contributed by atoms with Crippen LogP contribution in [-0.2, 0) is 0 Å². The van der Waals surface area contributed by atoms with E-state index in [1.165, 1.54) is 11.3 Å². The van der Waals surface area contributed by atoms with Crippen LogP contribution in [0, 0.1) is 0 Å². The van der Waals surface area contributed by atoms with Crippen LogP contribution in [0.15, 0.2) is 83.1 Å². The number of carbonyl (C=O) groups is 2. The van der Waals surface area contributed by atoms with Gasteiger partial charge in [-0.15, -0.1) is 11.3 Å². The summed E-state index contributed by atoms with van der Waals surface area (Å²) < 4.78 is 1.58. The zero-order valence-corrected chi connectivity index (χ0v) is 16.4. The molecule has 1 heterocycles. The Morgan fingerprint density at radius 2 is 1.44 bits per heavy atom. The Kier molecular flexibility index (Phi) is 5.12. The van der Waals surface area contributed by atoms with Gasteiger partial charge in [0.25, 0.3) is 0 Å². The van der Waals surface area contributed by atoms with Crippen molar-refractivity contribution in [2.24, 2.45) is 0 Å². The van der Waals surface area contributed by atoms with Gasteiger partial charge in [-0.25, -0.2) is 0 Å². The van der Waals surface area contributed by atoms with Gasteiger partial charge in [0.15, 0.2) is 5.78 Å². The molecule has 3 aromatic carbocycles. The highest BCUT2D eigenvalue weighted by Gasteiger charge is 2.23. The van der Waals surface area contributed by atoms with Gasteiger partial charge in [-0.1, -0.05) is 78.3 Å². The van der Waals surface area contributed by atoms with Gasteiger partial charge < -0.3 is 0 Å². The van der Waals surface area contributed by atoms with Crippen molar-refractivity contribution >= 4 is 55.7 Å². The molecule has 5 heteroatoms. The first kappa shape index (κ1) is 18.0. The van der Waals surface area contributed by atoms with Crippen molar-refractivity contribution in [1.29, 1.82) is 0 Å². The van der Waals surface area contributed by atoms with E-state index >= 15 is 0 Å². The highest BCUT2D eigenvalue weighted by atomic mass is 35.5. The van der Waals surface area contributed by atoms with Gasteiger partial charge in [-0.2, -0.15) is 0 Å². The second kappa shape index (κ2) is 7.69. The lowest BCUT2D eigenvalue weighted by atomic mass is 10.0. The zero-order valence-electron chi connectivity index (χ0n) is 14.0. The number of ketones is 1. The molecule has 0 saturated heterocycles. The van der Waals surface area contributed by atoms with Crippen LogP contribution in [0.5, 0.6) is 0 Å². The molecule has 4 rings (SSSR count). The molecular formula is C22H13ClO2S2. The third-order valence-electron chi connectivity index (χ3n) is 4.08. The van der Waals surface area contributed by atoms with E-state index < -0.39 is 0 Å². The van der Waals surface area contributed by atoms with Crippen LogP contribution in [0.3, 0.4) is 0 Å². The molecule has 0 atom stereocenters. The van der Waals surface area contributed by atoms with Crippen molar-refractivity contribution in [3.63, 3.8) is 0 Å². The summed E-state index contributed by atoms with van der Waals surface area (Å²) in [7, 11) is 0. The summed E-state index contributed by atoms with van der Waals surface area (Å²) >= 11 is 8.64. The molecule has 1 aromatic heterocycles. The molecule has 132 valence electrons. The van der Waals surface area contributed by atoms with E-state index in [1.807, 2.05) is 48.5 Å². The average molecular weight is 409 g/mol. The van der Waals surface area contributed by atoms with Gasteiger partial charge in [0.1, 0.15) is 0 Å². The Morgan fingerprint density at radius 3 is 2.11 bits per heavy atom. The molecule has 0 saturated carbocycles. The predicted molar refractivity (Wildman–Crippen MR) is 113 cm³/mol. The van der Waals surface area contributed by atoms with Gasteiger partial charge in [-0.05, 0) is 23.9 Å². The normalized spacial score (nSPS) is 10.9. The van der Waals surface area contributed by atoms with Crippen LogP contribution in [0.2, 0.25) is 5.02 Å². The van der Waals surface area contributed by atoms with E-state index in [0.717, 1.165) is 21.8 Å². The summed E-state index contributed by atoms with van der Waals surface area (Å²) in [5.74, 6) is -0.0902. The second-order valence-electron chi connectivity index (χ2n) is 5.86. The molecule has 0 aliphatic heterocycles. The molecule has 0 N–H and O–H groups in total. The van der Waals surface area contributed by atoms with Gasteiger partial charge in [0.2, 0.25) is 5.12 Å². The fourth-order valence-electron chi connectivity index (χ4n) is 2.79. The third-order valence-corrected chi connectivity index (χ3v) is 6.57. The summed E-state index contributed by atoms with van der Waals surface area (Å²) in [6, 6.07) is 23.6. The Hall–Kier alpha value is -2.40. The SMILES string of the molecule is O=C(Sc1sc2cc(Cl)ccc2c1C(=O)c1ccccc1)c1ccccc1. The number of rotatable bonds is 4. The van der Waals surface area contributed by atoms with Gasteiger partial charge in [0.05, 0.1) is 9.77 Å². The monoisotopic (exact) mass is 408 g/mol. The number of carbonyl (C=O) groups excluding carboxylic acids is 2. The second-order valence-corrected chi connectivity index (χ2v) is 8.59. The first-order valence-electron chi connectivity index (χ1n) is 8.22. The summed E-state index contributed by atoms with van der Waals surface area (Å²) in [4.78, 5) is 25.9. The van der Waals surface area contributed by atoms with Gasteiger partial charge in [-0.3, -0.25) is 9.59 Å². The average Bonchev–Trinajstić information content (AvgIpc) is 3.05. The smallest absolute Gasteiger partial charge is 0.224 e. The molecule has 0 spiro atoms. The summed E-state index contributed by atoms with van der Waals surface area (Å²) in [5, 5.41) is 1.34. The molecule has 0 bridgehead atoms. The zero-order chi connectivity index (χ0) is 18.8. The molecule has 0 radical (unpaired) electrons. The molecule has 27 heavy (non-hydrogen) atoms. The van der Waals surface area contributed by atoms with Crippen molar-refractivity contribution in [2.75, 3.05) is 0 Å². The lowest BCUT2D eigenvalue weighted by Gasteiger charge is -2.04. The molecule has 4 aromatic rings. The number of thiophene rings is 1. The van der Waals surface area contributed by atoms with Crippen LogP contribution >= 0.6 is 34.7 Å². The van der Waals surface area contributed by atoms with Crippen LogP contribution in [0.4, 0.5) is 0 Å². The Morgan fingerprint density at radius 1 is 0.815 bits per heavy atom. The minimum atomic E-state index is -0.0902. The summed E-state index contributed by atoms with van der Waals surface area (Å²) in [6.07, 6.45) is 0. The maximum absolute atomic E-state index is 13.2. The van der Waals surface area contributed by atoms with Gasteiger partial charge >= 0.3 is 0 Å². The Labute approximate surface area is 169 Å². The maximum Gasteiger partial charge on any atom is 0.224 e. The van der Waals surface area contributed by atoms with Crippen molar-refractivity contribution in [3.8, 4) is 0 Å². The Balaban J connectivity index is 1.82. The third kappa shape index (κ3) is 3.69. The number of hydrogen-bond donors (Lipinski definition) is 0. The predicted octanol–water partition coefficient (Wildman–Crippen LogP) is 6.72. The largest absolute Gasteiger partial charge is 0.289 e. The first-order chi connectivity index (χ1) is 13.1. The number of hydrogen-bond acceptors (Lipinski definition) is 4. The fourth-order valence-corrected chi connectivity index (χ4v) is 5.38. The molecule has 0 fully saturated rings. The van der Waals surface area contributed by atoms with E-state index in [4.69, 9.17) is 11.6 Å².